The van der Waals surface area contributed by atoms with Crippen LogP contribution in [0.1, 0.15) is 29.3 Å². The first-order valence-corrected chi connectivity index (χ1v) is 6.34. The molecule has 0 saturated heterocycles. The summed E-state index contributed by atoms with van der Waals surface area (Å²) in [5, 5.41) is 7.23. The number of hydrogen-bond acceptors (Lipinski definition) is 2. The number of rotatable bonds is 1. The molecule has 4 heteroatoms. The SMILES string of the molecule is Cn1c(C2CCc3ccccc3C2)n[nH]c1=S. The van der Waals surface area contributed by atoms with E-state index in [-0.39, 0.29) is 0 Å². The Balaban J connectivity index is 1.94. The number of aromatic amines is 1. The van der Waals surface area contributed by atoms with E-state index in [1.54, 1.807) is 0 Å². The molecule has 3 nitrogen and oxygen atoms in total. The minimum atomic E-state index is 0.489. The van der Waals surface area contributed by atoms with Gasteiger partial charge in [0.25, 0.3) is 0 Å². The van der Waals surface area contributed by atoms with E-state index >= 15 is 0 Å². The Kier molecular flexibility index (Phi) is 2.59. The van der Waals surface area contributed by atoms with Crippen LogP contribution in [0.4, 0.5) is 0 Å². The van der Waals surface area contributed by atoms with E-state index in [0.717, 1.165) is 25.1 Å². The fourth-order valence-corrected chi connectivity index (χ4v) is 2.78. The summed E-state index contributed by atoms with van der Waals surface area (Å²) in [4.78, 5) is 0. The van der Waals surface area contributed by atoms with Crippen LogP contribution in [0.15, 0.2) is 24.3 Å². The largest absolute Gasteiger partial charge is 0.307 e. The third-order valence-electron chi connectivity index (χ3n) is 3.63. The maximum Gasteiger partial charge on any atom is 0.194 e. The van der Waals surface area contributed by atoms with Gasteiger partial charge in [-0.2, -0.15) is 5.10 Å². The minimum absolute atomic E-state index is 0.489. The van der Waals surface area contributed by atoms with Gasteiger partial charge in [0.15, 0.2) is 4.77 Å². The van der Waals surface area contributed by atoms with Crippen molar-refractivity contribution in [3.63, 3.8) is 0 Å². The van der Waals surface area contributed by atoms with E-state index in [4.69, 9.17) is 12.2 Å². The normalized spacial score (nSPS) is 19.0. The molecule has 1 aromatic heterocycles. The zero-order valence-electron chi connectivity index (χ0n) is 9.81. The van der Waals surface area contributed by atoms with Gasteiger partial charge in [0.2, 0.25) is 0 Å². The highest BCUT2D eigenvalue weighted by atomic mass is 32.1. The lowest BCUT2D eigenvalue weighted by atomic mass is 9.83. The Bertz CT molecular complexity index is 597. The summed E-state index contributed by atoms with van der Waals surface area (Å²) in [5.41, 5.74) is 2.94. The second kappa shape index (κ2) is 4.11. The van der Waals surface area contributed by atoms with Crippen molar-refractivity contribution in [3.05, 3.63) is 46.0 Å². The van der Waals surface area contributed by atoms with Crippen molar-refractivity contribution in [2.24, 2.45) is 7.05 Å². The third-order valence-corrected chi connectivity index (χ3v) is 3.99. The van der Waals surface area contributed by atoms with Crippen LogP contribution in [0.2, 0.25) is 0 Å². The van der Waals surface area contributed by atoms with Gasteiger partial charge in [0.1, 0.15) is 5.82 Å². The van der Waals surface area contributed by atoms with Crippen molar-refractivity contribution in [1.82, 2.24) is 14.8 Å². The van der Waals surface area contributed by atoms with Gasteiger partial charge in [-0.25, -0.2) is 0 Å². The molecule has 1 atom stereocenters. The molecule has 0 bridgehead atoms. The van der Waals surface area contributed by atoms with E-state index in [2.05, 4.69) is 34.5 Å². The van der Waals surface area contributed by atoms with Gasteiger partial charge in [-0.1, -0.05) is 24.3 Å². The number of aromatic nitrogens is 3. The summed E-state index contributed by atoms with van der Waals surface area (Å²) in [7, 11) is 1.99. The maximum absolute atomic E-state index is 5.17. The van der Waals surface area contributed by atoms with Crippen LogP contribution in [0.25, 0.3) is 0 Å². The Morgan fingerprint density at radius 2 is 2.12 bits per heavy atom. The van der Waals surface area contributed by atoms with Gasteiger partial charge >= 0.3 is 0 Å². The highest BCUT2D eigenvalue weighted by Gasteiger charge is 2.23. The van der Waals surface area contributed by atoms with E-state index in [1.807, 2.05) is 11.6 Å². The Hall–Kier alpha value is -1.42. The highest BCUT2D eigenvalue weighted by Crippen LogP contribution is 2.31. The summed E-state index contributed by atoms with van der Waals surface area (Å²) in [6.07, 6.45) is 3.37. The molecule has 1 aliphatic carbocycles. The predicted molar refractivity (Wildman–Crippen MR) is 69.6 cm³/mol. The number of nitrogens with zero attached hydrogens (tertiary/aromatic N) is 2. The van der Waals surface area contributed by atoms with Crippen LogP contribution in [-0.4, -0.2) is 14.8 Å². The zero-order chi connectivity index (χ0) is 11.8. The molecular weight excluding hydrogens is 230 g/mol. The van der Waals surface area contributed by atoms with Crippen molar-refractivity contribution in [2.45, 2.75) is 25.2 Å². The highest BCUT2D eigenvalue weighted by molar-refractivity contribution is 7.71. The lowest BCUT2D eigenvalue weighted by Crippen LogP contribution is -2.16. The average Bonchev–Trinajstić information content (AvgIpc) is 2.70. The minimum Gasteiger partial charge on any atom is -0.307 e. The monoisotopic (exact) mass is 245 g/mol. The quantitative estimate of drug-likeness (QED) is 0.784. The third kappa shape index (κ3) is 1.82. The molecule has 0 radical (unpaired) electrons. The van der Waals surface area contributed by atoms with Gasteiger partial charge in [-0.15, -0.1) is 0 Å². The maximum atomic E-state index is 5.17. The van der Waals surface area contributed by atoms with Crippen LogP contribution in [0, 0.1) is 4.77 Å². The molecule has 0 fully saturated rings. The fraction of sp³-hybridized carbons (Fsp3) is 0.385. The van der Waals surface area contributed by atoms with E-state index in [0.29, 0.717) is 10.7 Å². The molecule has 0 spiro atoms. The first kappa shape index (κ1) is 10.7. The lowest BCUT2D eigenvalue weighted by Gasteiger charge is -2.23. The average molecular weight is 245 g/mol. The molecule has 1 aliphatic rings. The molecule has 88 valence electrons. The summed E-state index contributed by atoms with van der Waals surface area (Å²) in [5.74, 6) is 1.58. The van der Waals surface area contributed by atoms with E-state index < -0.39 is 0 Å². The molecule has 3 rings (SSSR count). The number of H-pyrrole nitrogens is 1. The summed E-state index contributed by atoms with van der Waals surface area (Å²) < 4.78 is 2.70. The second-order valence-electron chi connectivity index (χ2n) is 4.65. The molecule has 1 aromatic carbocycles. The number of benzene rings is 1. The van der Waals surface area contributed by atoms with Gasteiger partial charge < -0.3 is 4.57 Å². The summed E-state index contributed by atoms with van der Waals surface area (Å²) >= 11 is 5.17. The topological polar surface area (TPSA) is 33.6 Å². The molecule has 0 aliphatic heterocycles. The van der Waals surface area contributed by atoms with Crippen LogP contribution >= 0.6 is 12.2 Å². The van der Waals surface area contributed by atoms with Gasteiger partial charge in [0.05, 0.1) is 0 Å². The number of aryl methyl sites for hydroxylation is 1. The molecule has 1 unspecified atom stereocenters. The first-order valence-electron chi connectivity index (χ1n) is 5.94. The Labute approximate surface area is 105 Å². The number of nitrogens with one attached hydrogen (secondary N) is 1. The van der Waals surface area contributed by atoms with Crippen molar-refractivity contribution >= 4 is 12.2 Å². The first-order chi connectivity index (χ1) is 8.25. The molecule has 2 aromatic rings. The van der Waals surface area contributed by atoms with Gasteiger partial charge in [-0.3, -0.25) is 5.10 Å². The molecule has 0 amide bonds. The van der Waals surface area contributed by atoms with Gasteiger partial charge in [0, 0.05) is 13.0 Å². The second-order valence-corrected chi connectivity index (χ2v) is 5.04. The molecule has 17 heavy (non-hydrogen) atoms. The number of fused-ring (bicyclic) bond motifs is 1. The van der Waals surface area contributed by atoms with Crippen molar-refractivity contribution in [3.8, 4) is 0 Å². The standard InChI is InChI=1S/C13H15N3S/c1-16-12(14-15-13(16)17)11-7-6-9-4-2-3-5-10(9)8-11/h2-5,11H,6-8H2,1H3,(H,15,17). The van der Waals surface area contributed by atoms with Crippen LogP contribution in [0.5, 0.6) is 0 Å². The van der Waals surface area contributed by atoms with E-state index in [9.17, 15) is 0 Å². The van der Waals surface area contributed by atoms with Crippen molar-refractivity contribution in [1.29, 1.82) is 0 Å². The van der Waals surface area contributed by atoms with Crippen LogP contribution in [-0.2, 0) is 19.9 Å². The van der Waals surface area contributed by atoms with Crippen molar-refractivity contribution in [2.75, 3.05) is 0 Å². The molecule has 1 N–H and O–H groups in total. The van der Waals surface area contributed by atoms with Crippen LogP contribution in [0.3, 0.4) is 0 Å². The molecule has 0 saturated carbocycles. The smallest absolute Gasteiger partial charge is 0.194 e. The summed E-state index contributed by atoms with van der Waals surface area (Å²) in [6.45, 7) is 0. The fourth-order valence-electron chi connectivity index (χ4n) is 2.64. The van der Waals surface area contributed by atoms with Crippen LogP contribution < -0.4 is 0 Å². The predicted octanol–water partition coefficient (Wildman–Crippen LogP) is 2.75. The number of hydrogen-bond donors (Lipinski definition) is 1. The summed E-state index contributed by atoms with van der Waals surface area (Å²) in [6, 6.07) is 8.69. The molecular formula is C13H15N3S. The zero-order valence-corrected chi connectivity index (χ0v) is 10.6. The lowest BCUT2D eigenvalue weighted by molar-refractivity contribution is 0.535. The Morgan fingerprint density at radius 3 is 2.82 bits per heavy atom. The van der Waals surface area contributed by atoms with Crippen molar-refractivity contribution < 1.29 is 0 Å². The van der Waals surface area contributed by atoms with E-state index in [1.165, 1.54) is 11.1 Å². The van der Waals surface area contributed by atoms with Gasteiger partial charge in [-0.05, 0) is 42.6 Å². The Morgan fingerprint density at radius 1 is 1.35 bits per heavy atom. The molecule has 1 heterocycles.